The topological polar surface area (TPSA) is 59.3 Å². The number of alkyl halides is 1. The van der Waals surface area contributed by atoms with Gasteiger partial charge in [-0.1, -0.05) is 12.8 Å². The minimum atomic E-state index is -1.41. The highest BCUT2D eigenvalue weighted by Crippen LogP contribution is 2.36. The predicted molar refractivity (Wildman–Crippen MR) is 85.9 cm³/mol. The summed E-state index contributed by atoms with van der Waals surface area (Å²) in [5.74, 6) is -0.265. The quantitative estimate of drug-likeness (QED) is 0.800. The number of halogens is 2. The molecule has 0 amide bonds. The van der Waals surface area contributed by atoms with Crippen molar-refractivity contribution in [1.82, 2.24) is 5.48 Å². The molecule has 0 radical (unpaired) electrons. The van der Waals surface area contributed by atoms with E-state index in [0.717, 1.165) is 18.5 Å². The number of hydroxylamine groups is 1. The van der Waals surface area contributed by atoms with E-state index in [1.54, 1.807) is 19.1 Å². The minimum Gasteiger partial charge on any atom is -0.384 e. The van der Waals surface area contributed by atoms with Gasteiger partial charge in [0, 0.05) is 17.3 Å². The second-order valence-electron chi connectivity index (χ2n) is 6.58. The summed E-state index contributed by atoms with van der Waals surface area (Å²) in [6.07, 6.45) is 4.71. The Morgan fingerprint density at radius 3 is 2.83 bits per heavy atom. The Hall–Kier alpha value is -1.82. The first kappa shape index (κ1) is 16.1. The van der Waals surface area contributed by atoms with Crippen LogP contribution in [0.1, 0.15) is 38.2 Å². The summed E-state index contributed by atoms with van der Waals surface area (Å²) in [6, 6.07) is 5.18. The minimum absolute atomic E-state index is 0.182. The molecule has 1 aromatic carbocycles. The van der Waals surface area contributed by atoms with Crippen molar-refractivity contribution in [1.29, 1.82) is 0 Å². The van der Waals surface area contributed by atoms with E-state index in [-0.39, 0.29) is 18.0 Å². The fourth-order valence-corrected chi connectivity index (χ4v) is 3.39. The normalized spacial score (nSPS) is 28.8. The van der Waals surface area contributed by atoms with Gasteiger partial charge in [0.25, 0.3) is 0 Å². The fourth-order valence-electron chi connectivity index (χ4n) is 3.39. The molecule has 4 nitrogen and oxygen atoms in total. The Kier molecular flexibility index (Phi) is 4.43. The fraction of sp³-hybridized carbons (Fsp3) is 0.529. The lowest BCUT2D eigenvalue weighted by Gasteiger charge is -2.29. The molecule has 0 spiro atoms. The molecule has 0 unspecified atom stereocenters. The largest absolute Gasteiger partial charge is 0.384 e. The van der Waals surface area contributed by atoms with Crippen LogP contribution in [0.2, 0.25) is 0 Å². The van der Waals surface area contributed by atoms with Crippen molar-refractivity contribution in [2.75, 3.05) is 11.9 Å². The first-order valence-electron chi connectivity index (χ1n) is 8.06. The molecule has 4 N–H and O–H groups in total. The highest BCUT2D eigenvalue weighted by atomic mass is 19.1. The van der Waals surface area contributed by atoms with E-state index in [2.05, 4.69) is 10.8 Å². The maximum atomic E-state index is 14.6. The third-order valence-corrected chi connectivity index (χ3v) is 4.80. The smallest absolute Gasteiger partial charge is 0.139 e. The Labute approximate surface area is 135 Å². The standard InChI is InChI=1S/C17H23F2N3O/c1-17(9-16(20)22-23-10-15(17)19)13-8-12(6-7-14(13)18)21-11-4-2-3-5-11/h6-9,11,15,21-22H,2-5,10,20H2,1H3/t15-,17+/m0/s1. The van der Waals surface area contributed by atoms with E-state index in [0.29, 0.717) is 6.04 Å². The molecule has 0 bridgehead atoms. The molecule has 1 saturated carbocycles. The number of anilines is 1. The van der Waals surface area contributed by atoms with Crippen molar-refractivity contribution in [2.24, 2.45) is 5.73 Å². The first-order valence-corrected chi connectivity index (χ1v) is 8.06. The zero-order valence-electron chi connectivity index (χ0n) is 13.2. The van der Waals surface area contributed by atoms with Gasteiger partial charge in [-0.05, 0) is 44.0 Å². The molecular weight excluding hydrogens is 300 g/mol. The van der Waals surface area contributed by atoms with E-state index in [1.807, 2.05) is 0 Å². The van der Waals surface area contributed by atoms with Crippen molar-refractivity contribution in [2.45, 2.75) is 50.2 Å². The average Bonchev–Trinajstić information content (AvgIpc) is 2.97. The van der Waals surface area contributed by atoms with Gasteiger partial charge in [0.15, 0.2) is 0 Å². The van der Waals surface area contributed by atoms with E-state index in [4.69, 9.17) is 10.6 Å². The molecular formula is C17H23F2N3O. The van der Waals surface area contributed by atoms with Crippen LogP contribution in [0, 0.1) is 5.82 Å². The van der Waals surface area contributed by atoms with Gasteiger partial charge in [0.2, 0.25) is 0 Å². The lowest BCUT2D eigenvalue weighted by atomic mass is 9.77. The lowest BCUT2D eigenvalue weighted by Crippen LogP contribution is -2.35. The summed E-state index contributed by atoms with van der Waals surface area (Å²) in [5, 5.41) is 3.42. The van der Waals surface area contributed by atoms with Gasteiger partial charge in [-0.15, -0.1) is 0 Å². The van der Waals surface area contributed by atoms with Crippen LogP contribution in [-0.2, 0) is 10.3 Å². The Morgan fingerprint density at radius 1 is 1.35 bits per heavy atom. The number of hydrogen-bond donors (Lipinski definition) is 3. The first-order chi connectivity index (χ1) is 11.0. The van der Waals surface area contributed by atoms with Crippen molar-refractivity contribution < 1.29 is 13.6 Å². The maximum Gasteiger partial charge on any atom is 0.139 e. The van der Waals surface area contributed by atoms with Crippen molar-refractivity contribution in [3.8, 4) is 0 Å². The van der Waals surface area contributed by atoms with Crippen LogP contribution in [0.3, 0.4) is 0 Å². The molecule has 1 aliphatic heterocycles. The van der Waals surface area contributed by atoms with Gasteiger partial charge in [0.05, 0.1) is 5.41 Å². The van der Waals surface area contributed by atoms with Crippen LogP contribution in [0.25, 0.3) is 0 Å². The Bertz CT molecular complexity index is 602. The van der Waals surface area contributed by atoms with Crippen LogP contribution in [0.15, 0.2) is 30.1 Å². The van der Waals surface area contributed by atoms with Gasteiger partial charge in [-0.2, -0.15) is 0 Å². The molecule has 2 aliphatic rings. The van der Waals surface area contributed by atoms with Gasteiger partial charge >= 0.3 is 0 Å². The second-order valence-corrected chi connectivity index (χ2v) is 6.58. The van der Waals surface area contributed by atoms with Crippen LogP contribution in [0.5, 0.6) is 0 Å². The summed E-state index contributed by atoms with van der Waals surface area (Å²) in [6.45, 7) is 1.44. The predicted octanol–water partition coefficient (Wildman–Crippen LogP) is 3.11. The van der Waals surface area contributed by atoms with Gasteiger partial charge < -0.3 is 11.1 Å². The highest BCUT2D eigenvalue weighted by Gasteiger charge is 2.39. The number of hydrogen-bond acceptors (Lipinski definition) is 4. The average molecular weight is 323 g/mol. The second kappa shape index (κ2) is 6.35. The van der Waals surface area contributed by atoms with Crippen molar-refractivity contribution in [3.63, 3.8) is 0 Å². The molecule has 1 heterocycles. The number of nitrogens with two attached hydrogens (primary N) is 1. The Morgan fingerprint density at radius 2 is 2.09 bits per heavy atom. The summed E-state index contributed by atoms with van der Waals surface area (Å²) in [4.78, 5) is 4.96. The van der Waals surface area contributed by atoms with E-state index >= 15 is 0 Å². The van der Waals surface area contributed by atoms with Crippen molar-refractivity contribution >= 4 is 5.69 Å². The lowest BCUT2D eigenvalue weighted by molar-refractivity contribution is 0.0176. The van der Waals surface area contributed by atoms with Gasteiger partial charge in [-0.25, -0.2) is 8.78 Å². The molecule has 1 aromatic rings. The third kappa shape index (κ3) is 3.27. The SMILES string of the molecule is C[C@]1(c2cc(NC3CCCC3)ccc2F)C=C(N)NOC[C@@H]1F. The van der Waals surface area contributed by atoms with E-state index in [1.165, 1.54) is 25.0 Å². The van der Waals surface area contributed by atoms with E-state index < -0.39 is 17.4 Å². The summed E-state index contributed by atoms with van der Waals surface area (Å²) < 4.78 is 29.0. The van der Waals surface area contributed by atoms with Crippen LogP contribution < -0.4 is 16.5 Å². The molecule has 1 aliphatic carbocycles. The summed E-state index contributed by atoms with van der Waals surface area (Å²) in [7, 11) is 0. The van der Waals surface area contributed by atoms with Crippen LogP contribution in [-0.4, -0.2) is 18.8 Å². The van der Waals surface area contributed by atoms with Gasteiger partial charge in [0.1, 0.15) is 24.4 Å². The van der Waals surface area contributed by atoms with Crippen LogP contribution >= 0.6 is 0 Å². The van der Waals surface area contributed by atoms with Crippen molar-refractivity contribution in [3.05, 3.63) is 41.5 Å². The zero-order chi connectivity index (χ0) is 16.4. The van der Waals surface area contributed by atoms with Gasteiger partial charge in [-0.3, -0.25) is 10.3 Å². The number of rotatable bonds is 3. The Balaban J connectivity index is 1.94. The number of benzene rings is 1. The molecule has 0 saturated heterocycles. The molecule has 6 heteroatoms. The molecule has 0 aromatic heterocycles. The third-order valence-electron chi connectivity index (χ3n) is 4.80. The van der Waals surface area contributed by atoms with Crippen LogP contribution in [0.4, 0.5) is 14.5 Å². The molecule has 3 rings (SSSR count). The molecule has 126 valence electrons. The molecule has 2 atom stereocenters. The maximum absolute atomic E-state index is 14.6. The van der Waals surface area contributed by atoms with E-state index in [9.17, 15) is 8.78 Å². The monoisotopic (exact) mass is 323 g/mol. The number of nitrogens with one attached hydrogen (secondary N) is 2. The summed E-state index contributed by atoms with van der Waals surface area (Å²) >= 11 is 0. The number of allylic oxidation sites excluding steroid dienone is 1. The summed E-state index contributed by atoms with van der Waals surface area (Å²) in [5.41, 5.74) is 8.11. The molecule has 23 heavy (non-hydrogen) atoms. The highest BCUT2D eigenvalue weighted by molar-refractivity contribution is 5.51. The molecule has 1 fully saturated rings. The zero-order valence-corrected chi connectivity index (χ0v) is 13.2.